The van der Waals surface area contributed by atoms with Crippen molar-refractivity contribution >= 4 is 5.91 Å². The first-order chi connectivity index (χ1) is 9.66. The lowest BCUT2D eigenvalue weighted by Crippen LogP contribution is -2.59. The van der Waals surface area contributed by atoms with Crippen molar-refractivity contribution in [2.45, 2.75) is 69.6 Å². The number of ether oxygens (including phenoxy) is 2. The molecule has 0 aliphatic heterocycles. The fraction of sp³-hybridized carbons (Fsp3) is 0.933. The van der Waals surface area contributed by atoms with E-state index < -0.39 is 5.54 Å². The van der Waals surface area contributed by atoms with Gasteiger partial charge >= 0.3 is 0 Å². The second kappa shape index (κ2) is 7.38. The van der Waals surface area contributed by atoms with Crippen molar-refractivity contribution in [2.24, 2.45) is 5.73 Å². The summed E-state index contributed by atoms with van der Waals surface area (Å²) in [5.41, 5.74) is 5.11. The van der Waals surface area contributed by atoms with Crippen molar-refractivity contribution in [3.05, 3.63) is 0 Å². The van der Waals surface area contributed by atoms with Gasteiger partial charge in [0.15, 0.2) is 0 Å². The zero-order valence-electron chi connectivity index (χ0n) is 12.5. The number of nitrogens with two attached hydrogens (primary N) is 1. The molecule has 2 aliphatic carbocycles. The Morgan fingerprint density at radius 3 is 2.75 bits per heavy atom. The molecule has 2 aliphatic rings. The van der Waals surface area contributed by atoms with Gasteiger partial charge in [-0.25, -0.2) is 0 Å². The van der Waals surface area contributed by atoms with Crippen molar-refractivity contribution in [3.63, 3.8) is 0 Å². The highest BCUT2D eigenvalue weighted by molar-refractivity contribution is 5.85. The summed E-state index contributed by atoms with van der Waals surface area (Å²) in [6.07, 6.45) is 7.00. The van der Waals surface area contributed by atoms with Crippen molar-refractivity contribution in [2.75, 3.05) is 19.8 Å². The second-order valence-corrected chi connectivity index (χ2v) is 6.07. The summed E-state index contributed by atoms with van der Waals surface area (Å²) in [5, 5.41) is 3.46. The fourth-order valence-corrected chi connectivity index (χ4v) is 2.93. The Bertz CT molecular complexity index is 320. The van der Waals surface area contributed by atoms with Crippen LogP contribution in [0.5, 0.6) is 0 Å². The molecule has 1 amide bonds. The Kier molecular flexibility index (Phi) is 5.81. The topological polar surface area (TPSA) is 73.6 Å². The highest BCUT2D eigenvalue weighted by atomic mass is 16.5. The zero-order chi connectivity index (χ0) is 14.4. The molecule has 0 bridgehead atoms. The van der Waals surface area contributed by atoms with Crippen LogP contribution in [0.15, 0.2) is 0 Å². The SMILES string of the molecule is CCCOCCOC1CCCC(NC2CC2)(C(N)=O)C1. The molecule has 2 fully saturated rings. The van der Waals surface area contributed by atoms with E-state index in [1.807, 2.05) is 0 Å². The molecule has 0 aromatic heterocycles. The van der Waals surface area contributed by atoms with Gasteiger partial charge in [0, 0.05) is 19.1 Å². The van der Waals surface area contributed by atoms with Gasteiger partial charge in [0.05, 0.1) is 19.3 Å². The Morgan fingerprint density at radius 1 is 1.30 bits per heavy atom. The number of primary amides is 1. The number of amides is 1. The molecule has 2 rings (SSSR count). The van der Waals surface area contributed by atoms with Gasteiger partial charge in [0.2, 0.25) is 5.91 Å². The minimum absolute atomic E-state index is 0.118. The van der Waals surface area contributed by atoms with Crippen LogP contribution in [0, 0.1) is 0 Å². The molecule has 116 valence electrons. The summed E-state index contributed by atoms with van der Waals surface area (Å²) in [6.45, 7) is 4.10. The minimum Gasteiger partial charge on any atom is -0.379 e. The summed E-state index contributed by atoms with van der Waals surface area (Å²) >= 11 is 0. The third-order valence-electron chi connectivity index (χ3n) is 4.16. The van der Waals surface area contributed by atoms with Crippen LogP contribution in [0.2, 0.25) is 0 Å². The van der Waals surface area contributed by atoms with E-state index in [0.29, 0.717) is 25.7 Å². The van der Waals surface area contributed by atoms with E-state index in [-0.39, 0.29) is 12.0 Å². The first-order valence-corrected chi connectivity index (χ1v) is 7.93. The molecule has 0 heterocycles. The van der Waals surface area contributed by atoms with Crippen LogP contribution >= 0.6 is 0 Å². The quantitative estimate of drug-likeness (QED) is 0.627. The molecular formula is C15H28N2O3. The first kappa shape index (κ1) is 15.7. The fourth-order valence-electron chi connectivity index (χ4n) is 2.93. The van der Waals surface area contributed by atoms with Crippen LogP contribution in [-0.4, -0.2) is 43.4 Å². The molecule has 0 aromatic carbocycles. The lowest BCUT2D eigenvalue weighted by atomic mass is 9.79. The van der Waals surface area contributed by atoms with Crippen LogP contribution in [0.4, 0.5) is 0 Å². The summed E-state index contributed by atoms with van der Waals surface area (Å²) < 4.78 is 11.3. The number of carbonyl (C=O) groups is 1. The van der Waals surface area contributed by atoms with Crippen LogP contribution in [0.1, 0.15) is 51.9 Å². The van der Waals surface area contributed by atoms with Gasteiger partial charge in [-0.1, -0.05) is 6.92 Å². The van der Waals surface area contributed by atoms with Crippen molar-refractivity contribution in [3.8, 4) is 0 Å². The Balaban J connectivity index is 1.78. The molecule has 3 N–H and O–H groups in total. The van der Waals surface area contributed by atoms with Gasteiger partial charge in [-0.3, -0.25) is 4.79 Å². The van der Waals surface area contributed by atoms with Gasteiger partial charge in [-0.15, -0.1) is 0 Å². The monoisotopic (exact) mass is 284 g/mol. The largest absolute Gasteiger partial charge is 0.379 e. The van der Waals surface area contributed by atoms with Gasteiger partial charge in [0.25, 0.3) is 0 Å². The maximum atomic E-state index is 11.9. The third-order valence-corrected chi connectivity index (χ3v) is 4.16. The van der Waals surface area contributed by atoms with E-state index >= 15 is 0 Å². The van der Waals surface area contributed by atoms with Crippen LogP contribution in [0.3, 0.4) is 0 Å². The maximum Gasteiger partial charge on any atom is 0.237 e. The summed E-state index contributed by atoms with van der Waals surface area (Å²) in [4.78, 5) is 11.9. The number of rotatable bonds is 9. The number of hydrogen-bond donors (Lipinski definition) is 2. The molecule has 2 unspecified atom stereocenters. The Hall–Kier alpha value is -0.650. The molecular weight excluding hydrogens is 256 g/mol. The van der Waals surface area contributed by atoms with Crippen LogP contribution in [-0.2, 0) is 14.3 Å². The Labute approximate surface area is 121 Å². The van der Waals surface area contributed by atoms with Crippen molar-refractivity contribution in [1.82, 2.24) is 5.32 Å². The van der Waals surface area contributed by atoms with E-state index in [0.717, 1.165) is 45.1 Å². The summed E-state index contributed by atoms with van der Waals surface area (Å²) in [7, 11) is 0. The van der Waals surface area contributed by atoms with E-state index in [4.69, 9.17) is 15.2 Å². The summed E-state index contributed by atoms with van der Waals surface area (Å²) in [5.74, 6) is -0.222. The lowest BCUT2D eigenvalue weighted by molar-refractivity contribution is -0.129. The van der Waals surface area contributed by atoms with Gasteiger partial charge in [-0.2, -0.15) is 0 Å². The van der Waals surface area contributed by atoms with Crippen molar-refractivity contribution < 1.29 is 14.3 Å². The average Bonchev–Trinajstić information content (AvgIpc) is 3.22. The van der Waals surface area contributed by atoms with Crippen molar-refractivity contribution in [1.29, 1.82) is 0 Å². The lowest BCUT2D eigenvalue weighted by Gasteiger charge is -2.39. The number of hydrogen-bond acceptors (Lipinski definition) is 4. The molecule has 0 spiro atoms. The molecule has 20 heavy (non-hydrogen) atoms. The third kappa shape index (κ3) is 4.43. The Morgan fingerprint density at radius 2 is 2.10 bits per heavy atom. The average molecular weight is 284 g/mol. The molecule has 0 saturated heterocycles. The van der Waals surface area contributed by atoms with E-state index in [9.17, 15) is 4.79 Å². The normalized spacial score (nSPS) is 30.4. The predicted molar refractivity (Wildman–Crippen MR) is 77.4 cm³/mol. The molecule has 0 aromatic rings. The zero-order valence-corrected chi connectivity index (χ0v) is 12.5. The highest BCUT2D eigenvalue weighted by Crippen LogP contribution is 2.33. The second-order valence-electron chi connectivity index (χ2n) is 6.07. The number of carbonyl (C=O) groups excluding carboxylic acids is 1. The number of nitrogens with one attached hydrogen (secondary N) is 1. The highest BCUT2D eigenvalue weighted by Gasteiger charge is 2.44. The standard InChI is InChI=1S/C15H28N2O3/c1-2-8-19-9-10-20-13-4-3-7-15(11-13,14(16)18)17-12-5-6-12/h12-13,17H,2-11H2,1H3,(H2,16,18). The van der Waals surface area contributed by atoms with E-state index in [2.05, 4.69) is 12.2 Å². The minimum atomic E-state index is -0.547. The van der Waals surface area contributed by atoms with Crippen LogP contribution in [0.25, 0.3) is 0 Å². The molecule has 0 radical (unpaired) electrons. The van der Waals surface area contributed by atoms with Gasteiger partial charge < -0.3 is 20.5 Å². The van der Waals surface area contributed by atoms with Gasteiger partial charge in [-0.05, 0) is 38.5 Å². The molecule has 2 saturated carbocycles. The summed E-state index contributed by atoms with van der Waals surface area (Å²) in [6, 6.07) is 0.481. The predicted octanol–water partition coefficient (Wildman–Crippen LogP) is 1.35. The first-order valence-electron chi connectivity index (χ1n) is 7.93. The molecule has 5 heteroatoms. The molecule has 2 atom stereocenters. The van der Waals surface area contributed by atoms with Gasteiger partial charge in [0.1, 0.15) is 5.54 Å². The molecule has 5 nitrogen and oxygen atoms in total. The van der Waals surface area contributed by atoms with Crippen LogP contribution < -0.4 is 11.1 Å². The van der Waals surface area contributed by atoms with E-state index in [1.54, 1.807) is 0 Å². The maximum absolute atomic E-state index is 11.9. The van der Waals surface area contributed by atoms with E-state index in [1.165, 1.54) is 0 Å². The smallest absolute Gasteiger partial charge is 0.237 e.